The van der Waals surface area contributed by atoms with Crippen LogP contribution in [0, 0.1) is 5.82 Å². The Morgan fingerprint density at radius 2 is 1.93 bits per heavy atom. The Morgan fingerprint density at radius 3 is 2.60 bits per heavy atom. The van der Waals surface area contributed by atoms with Crippen LogP contribution in [0.1, 0.15) is 31.0 Å². The minimum Gasteiger partial charge on any atom is -0.373 e. The van der Waals surface area contributed by atoms with Gasteiger partial charge in [-0.1, -0.05) is 19.1 Å². The summed E-state index contributed by atoms with van der Waals surface area (Å²) < 4.78 is 19.0. The molecule has 7 heteroatoms. The van der Waals surface area contributed by atoms with Crippen LogP contribution < -0.4 is 10.5 Å². The lowest BCUT2D eigenvalue weighted by molar-refractivity contribution is 0.0250. The summed E-state index contributed by atoms with van der Waals surface area (Å²) >= 11 is 0. The molecular formula is C23H25FN4O2. The summed E-state index contributed by atoms with van der Waals surface area (Å²) in [6.45, 7) is 4.20. The highest BCUT2D eigenvalue weighted by Crippen LogP contribution is 2.22. The molecule has 1 saturated heterocycles. The van der Waals surface area contributed by atoms with Crippen molar-refractivity contribution < 1.29 is 9.13 Å². The molecule has 2 aromatic heterocycles. The van der Waals surface area contributed by atoms with Crippen molar-refractivity contribution in [2.75, 3.05) is 18.0 Å². The molecule has 1 fully saturated rings. The number of aryl methyl sites for hydroxylation is 1. The van der Waals surface area contributed by atoms with Crippen LogP contribution in [0.3, 0.4) is 0 Å². The number of pyridine rings is 1. The van der Waals surface area contributed by atoms with Crippen LogP contribution in [0.4, 0.5) is 10.2 Å². The number of nitrogens with zero attached hydrogens (tertiary/aromatic N) is 3. The minimum absolute atomic E-state index is 0.149. The van der Waals surface area contributed by atoms with Gasteiger partial charge in [-0.25, -0.2) is 14.4 Å². The van der Waals surface area contributed by atoms with E-state index in [1.54, 1.807) is 18.3 Å². The van der Waals surface area contributed by atoms with Gasteiger partial charge in [0.2, 0.25) is 0 Å². The van der Waals surface area contributed by atoms with Crippen molar-refractivity contribution in [2.24, 2.45) is 0 Å². The molecule has 0 atom stereocenters. The lowest BCUT2D eigenvalue weighted by Gasteiger charge is -2.32. The molecular weight excluding hydrogens is 383 g/mol. The number of benzene rings is 1. The van der Waals surface area contributed by atoms with Crippen LogP contribution in [0.2, 0.25) is 0 Å². The van der Waals surface area contributed by atoms with Gasteiger partial charge in [0, 0.05) is 36.6 Å². The first-order valence-corrected chi connectivity index (χ1v) is 10.3. The molecule has 0 unspecified atom stereocenters. The van der Waals surface area contributed by atoms with Gasteiger partial charge in [0.1, 0.15) is 17.5 Å². The number of anilines is 1. The lowest BCUT2D eigenvalue weighted by Crippen LogP contribution is -2.37. The molecule has 0 amide bonds. The maximum Gasteiger partial charge on any atom is 0.251 e. The van der Waals surface area contributed by atoms with Crippen LogP contribution in [0.15, 0.2) is 53.5 Å². The lowest BCUT2D eigenvalue weighted by atomic mass is 10.1. The monoisotopic (exact) mass is 408 g/mol. The van der Waals surface area contributed by atoms with Gasteiger partial charge in [-0.05, 0) is 49.1 Å². The first-order chi connectivity index (χ1) is 14.6. The summed E-state index contributed by atoms with van der Waals surface area (Å²) in [5.74, 6) is 1.22. The summed E-state index contributed by atoms with van der Waals surface area (Å²) in [6, 6.07) is 11.9. The molecule has 4 rings (SSSR count). The van der Waals surface area contributed by atoms with Crippen molar-refractivity contribution in [3.05, 3.63) is 76.1 Å². The second kappa shape index (κ2) is 9.17. The second-order valence-electron chi connectivity index (χ2n) is 7.47. The molecule has 156 valence electrons. The number of rotatable bonds is 6. The molecule has 0 spiro atoms. The molecule has 1 aromatic carbocycles. The average molecular weight is 408 g/mol. The van der Waals surface area contributed by atoms with Gasteiger partial charge in [-0.15, -0.1) is 0 Å². The Kier molecular flexibility index (Phi) is 6.18. The number of aromatic nitrogens is 3. The first kappa shape index (κ1) is 20.2. The van der Waals surface area contributed by atoms with E-state index in [0.29, 0.717) is 18.9 Å². The topological polar surface area (TPSA) is 71.1 Å². The fraction of sp³-hybridized carbons (Fsp3) is 0.348. The Hall–Kier alpha value is -3.06. The van der Waals surface area contributed by atoms with Gasteiger partial charge in [0.15, 0.2) is 0 Å². The smallest absolute Gasteiger partial charge is 0.251 e. The summed E-state index contributed by atoms with van der Waals surface area (Å²) in [7, 11) is 0. The predicted octanol–water partition coefficient (Wildman–Crippen LogP) is 3.72. The Balaban J connectivity index is 1.33. The van der Waals surface area contributed by atoms with E-state index in [9.17, 15) is 9.18 Å². The first-order valence-electron chi connectivity index (χ1n) is 10.3. The molecule has 6 nitrogen and oxygen atoms in total. The van der Waals surface area contributed by atoms with Crippen molar-refractivity contribution >= 4 is 5.82 Å². The van der Waals surface area contributed by atoms with Gasteiger partial charge in [0.25, 0.3) is 5.56 Å². The molecule has 30 heavy (non-hydrogen) atoms. The van der Waals surface area contributed by atoms with Crippen molar-refractivity contribution in [3.8, 4) is 11.4 Å². The summed E-state index contributed by atoms with van der Waals surface area (Å²) in [5.41, 5.74) is 2.39. The minimum atomic E-state index is -0.231. The Labute approximate surface area is 174 Å². The molecule has 0 saturated carbocycles. The standard InChI is InChI=1S/C23H25FN4O2/c1-2-19-13-22(29)27-23(26-19)17-5-8-21(25-14-17)28-11-9-20(10-12-28)30-15-16-3-6-18(24)7-4-16/h3-8,13-14,20H,2,9-12,15H2,1H3,(H,26,27,29). The molecule has 0 aliphatic carbocycles. The zero-order chi connectivity index (χ0) is 20.9. The third-order valence-corrected chi connectivity index (χ3v) is 5.34. The predicted molar refractivity (Wildman–Crippen MR) is 114 cm³/mol. The highest BCUT2D eigenvalue weighted by molar-refractivity contribution is 5.56. The fourth-order valence-corrected chi connectivity index (χ4v) is 3.59. The zero-order valence-corrected chi connectivity index (χ0v) is 17.0. The van der Waals surface area contributed by atoms with Gasteiger partial charge < -0.3 is 14.6 Å². The van der Waals surface area contributed by atoms with Crippen molar-refractivity contribution in [1.82, 2.24) is 15.0 Å². The third-order valence-electron chi connectivity index (χ3n) is 5.34. The number of ether oxygens (including phenoxy) is 1. The highest BCUT2D eigenvalue weighted by Gasteiger charge is 2.21. The van der Waals surface area contributed by atoms with Crippen LogP contribution in [-0.2, 0) is 17.8 Å². The zero-order valence-electron chi connectivity index (χ0n) is 17.0. The van der Waals surface area contributed by atoms with E-state index >= 15 is 0 Å². The molecule has 1 aliphatic rings. The largest absolute Gasteiger partial charge is 0.373 e. The Morgan fingerprint density at radius 1 is 1.17 bits per heavy atom. The quantitative estimate of drug-likeness (QED) is 0.673. The van der Waals surface area contributed by atoms with Crippen molar-refractivity contribution in [2.45, 2.75) is 38.9 Å². The molecule has 3 aromatic rings. The summed E-state index contributed by atoms with van der Waals surface area (Å²) in [6.07, 6.45) is 4.48. The second-order valence-corrected chi connectivity index (χ2v) is 7.47. The van der Waals surface area contributed by atoms with E-state index in [0.717, 1.165) is 48.6 Å². The summed E-state index contributed by atoms with van der Waals surface area (Å²) in [5, 5.41) is 0. The molecule has 3 heterocycles. The number of hydrogen-bond acceptors (Lipinski definition) is 5. The van der Waals surface area contributed by atoms with Crippen LogP contribution in [0.5, 0.6) is 0 Å². The number of aromatic amines is 1. The normalized spacial score (nSPS) is 14.8. The van der Waals surface area contributed by atoms with E-state index in [2.05, 4.69) is 19.9 Å². The number of H-pyrrole nitrogens is 1. The average Bonchev–Trinajstić information content (AvgIpc) is 2.79. The van der Waals surface area contributed by atoms with E-state index in [1.807, 2.05) is 19.1 Å². The van der Waals surface area contributed by atoms with E-state index < -0.39 is 0 Å². The van der Waals surface area contributed by atoms with Crippen LogP contribution >= 0.6 is 0 Å². The van der Waals surface area contributed by atoms with Crippen molar-refractivity contribution in [1.29, 1.82) is 0 Å². The summed E-state index contributed by atoms with van der Waals surface area (Å²) in [4.78, 5) is 25.9. The maximum absolute atomic E-state index is 13.0. The third kappa shape index (κ3) is 4.91. The van der Waals surface area contributed by atoms with Gasteiger partial charge in [-0.2, -0.15) is 0 Å². The number of piperidine rings is 1. The maximum atomic E-state index is 13.0. The van der Waals surface area contributed by atoms with Gasteiger partial charge in [0.05, 0.1) is 12.7 Å². The molecule has 1 aliphatic heterocycles. The number of nitrogens with one attached hydrogen (secondary N) is 1. The van der Waals surface area contributed by atoms with E-state index in [1.165, 1.54) is 18.2 Å². The molecule has 0 radical (unpaired) electrons. The van der Waals surface area contributed by atoms with E-state index in [-0.39, 0.29) is 17.5 Å². The molecule has 1 N–H and O–H groups in total. The fourth-order valence-electron chi connectivity index (χ4n) is 3.59. The van der Waals surface area contributed by atoms with E-state index in [4.69, 9.17) is 4.74 Å². The highest BCUT2D eigenvalue weighted by atomic mass is 19.1. The Bertz CT molecular complexity index is 1030. The van der Waals surface area contributed by atoms with Crippen LogP contribution in [0.25, 0.3) is 11.4 Å². The number of halogens is 1. The van der Waals surface area contributed by atoms with Crippen molar-refractivity contribution in [3.63, 3.8) is 0 Å². The molecule has 0 bridgehead atoms. The van der Waals surface area contributed by atoms with Crippen LogP contribution in [-0.4, -0.2) is 34.1 Å². The SMILES string of the molecule is CCc1cc(=O)[nH]c(-c2ccc(N3CCC(OCc4ccc(F)cc4)CC3)nc2)n1. The van der Waals surface area contributed by atoms with Gasteiger partial charge >= 0.3 is 0 Å². The number of hydrogen-bond donors (Lipinski definition) is 1. The van der Waals surface area contributed by atoms with Gasteiger partial charge in [-0.3, -0.25) is 4.79 Å².